The molecule has 0 radical (unpaired) electrons. The molecule has 2 rings (SSSR count). The first-order valence-electron chi connectivity index (χ1n) is 8.20. The number of hydrogen-bond donors (Lipinski definition) is 3. The molecule has 0 aliphatic heterocycles. The maximum absolute atomic E-state index is 12.4. The fourth-order valence-corrected chi connectivity index (χ4v) is 2.86. The summed E-state index contributed by atoms with van der Waals surface area (Å²) in [6.45, 7) is 3.93. The average molecular weight is 445 g/mol. The van der Waals surface area contributed by atoms with Gasteiger partial charge in [-0.3, -0.25) is 4.79 Å². The van der Waals surface area contributed by atoms with Crippen molar-refractivity contribution in [3.8, 4) is 0 Å². The first-order chi connectivity index (χ1) is 12.6. The zero-order valence-corrected chi connectivity index (χ0v) is 17.9. The van der Waals surface area contributed by atoms with E-state index in [1.165, 1.54) is 0 Å². The van der Waals surface area contributed by atoms with Crippen molar-refractivity contribution >= 4 is 63.7 Å². The predicted octanol–water partition coefficient (Wildman–Crippen LogP) is 4.65. The van der Waals surface area contributed by atoms with Crippen LogP contribution in [0.15, 0.2) is 48.5 Å². The molecule has 27 heavy (non-hydrogen) atoms. The number of nitrogens with one attached hydrogen (secondary N) is 3. The minimum atomic E-state index is -1.79. The summed E-state index contributed by atoms with van der Waals surface area (Å²) >= 11 is 23.3. The summed E-state index contributed by atoms with van der Waals surface area (Å²) < 4.78 is -1.79. The second kappa shape index (κ2) is 9.60. The number of rotatable bonds is 5. The van der Waals surface area contributed by atoms with E-state index in [2.05, 4.69) is 16.0 Å². The number of carbonyl (C=O) groups excluding carboxylic acids is 1. The van der Waals surface area contributed by atoms with Gasteiger partial charge in [-0.05, 0) is 43.3 Å². The SMILES string of the molecule is Cc1ccc(CC(=O)NC(NC(=S)Nc2ccccc2C)C(Cl)(Cl)Cl)cc1. The second-order valence-corrected chi connectivity index (χ2v) is 8.90. The molecule has 0 fully saturated rings. The van der Waals surface area contributed by atoms with E-state index >= 15 is 0 Å². The number of aryl methyl sites for hydroxylation is 2. The molecule has 1 atom stereocenters. The summed E-state index contributed by atoms with van der Waals surface area (Å²) in [7, 11) is 0. The first kappa shape index (κ1) is 21.8. The van der Waals surface area contributed by atoms with Crippen molar-refractivity contribution in [2.24, 2.45) is 0 Å². The molecular formula is C19H20Cl3N3OS. The van der Waals surface area contributed by atoms with Crippen LogP contribution in [0.1, 0.15) is 16.7 Å². The molecular weight excluding hydrogens is 425 g/mol. The predicted molar refractivity (Wildman–Crippen MR) is 118 cm³/mol. The van der Waals surface area contributed by atoms with E-state index < -0.39 is 9.96 Å². The van der Waals surface area contributed by atoms with Crippen molar-refractivity contribution in [3.63, 3.8) is 0 Å². The van der Waals surface area contributed by atoms with Crippen LogP contribution in [0.25, 0.3) is 0 Å². The van der Waals surface area contributed by atoms with Crippen molar-refractivity contribution < 1.29 is 4.79 Å². The fraction of sp³-hybridized carbons (Fsp3) is 0.263. The van der Waals surface area contributed by atoms with Crippen molar-refractivity contribution in [1.29, 1.82) is 0 Å². The number of halogens is 3. The number of hydrogen-bond acceptors (Lipinski definition) is 2. The number of anilines is 1. The fourth-order valence-electron chi connectivity index (χ4n) is 2.31. The number of thiocarbonyl (C=S) groups is 1. The van der Waals surface area contributed by atoms with Gasteiger partial charge in [0, 0.05) is 5.69 Å². The Morgan fingerprint density at radius 2 is 1.67 bits per heavy atom. The van der Waals surface area contributed by atoms with Crippen LogP contribution in [0.5, 0.6) is 0 Å². The average Bonchev–Trinajstić information content (AvgIpc) is 2.57. The van der Waals surface area contributed by atoms with Gasteiger partial charge in [-0.15, -0.1) is 0 Å². The Labute approximate surface area is 179 Å². The van der Waals surface area contributed by atoms with E-state index in [-0.39, 0.29) is 17.4 Å². The molecule has 0 heterocycles. The molecule has 144 valence electrons. The molecule has 2 aromatic rings. The minimum absolute atomic E-state index is 0.164. The van der Waals surface area contributed by atoms with E-state index in [1.807, 2.05) is 62.4 Å². The van der Waals surface area contributed by atoms with Gasteiger partial charge in [0.1, 0.15) is 6.17 Å². The molecule has 0 bridgehead atoms. The van der Waals surface area contributed by atoms with E-state index in [9.17, 15) is 4.79 Å². The third-order valence-corrected chi connectivity index (χ3v) is 4.66. The molecule has 0 aromatic heterocycles. The topological polar surface area (TPSA) is 53.2 Å². The number of para-hydroxylation sites is 1. The molecule has 8 heteroatoms. The Hall–Kier alpha value is -1.53. The quantitative estimate of drug-likeness (QED) is 0.357. The third-order valence-electron chi connectivity index (χ3n) is 3.79. The summed E-state index contributed by atoms with van der Waals surface area (Å²) in [5.74, 6) is -0.290. The molecule has 4 nitrogen and oxygen atoms in total. The van der Waals surface area contributed by atoms with Gasteiger partial charge in [0.05, 0.1) is 6.42 Å². The summed E-state index contributed by atoms with van der Waals surface area (Å²) in [6, 6.07) is 15.3. The Bertz CT molecular complexity index is 807. The van der Waals surface area contributed by atoms with Crippen molar-refractivity contribution in [3.05, 3.63) is 65.2 Å². The van der Waals surface area contributed by atoms with Gasteiger partial charge in [-0.1, -0.05) is 82.8 Å². The highest BCUT2D eigenvalue weighted by Gasteiger charge is 2.34. The zero-order valence-electron chi connectivity index (χ0n) is 14.9. The highest BCUT2D eigenvalue weighted by Crippen LogP contribution is 2.29. The molecule has 1 amide bonds. The van der Waals surface area contributed by atoms with Gasteiger partial charge in [0.2, 0.25) is 9.70 Å². The Morgan fingerprint density at radius 1 is 1.04 bits per heavy atom. The van der Waals surface area contributed by atoms with E-state index in [0.717, 1.165) is 22.4 Å². The lowest BCUT2D eigenvalue weighted by atomic mass is 10.1. The van der Waals surface area contributed by atoms with Crippen LogP contribution in [-0.2, 0) is 11.2 Å². The molecule has 2 aromatic carbocycles. The summed E-state index contributed by atoms with van der Waals surface area (Å²) in [6.07, 6.45) is -0.832. The van der Waals surface area contributed by atoms with E-state index in [0.29, 0.717) is 0 Å². The molecule has 3 N–H and O–H groups in total. The third kappa shape index (κ3) is 7.18. The second-order valence-electron chi connectivity index (χ2n) is 6.12. The zero-order chi connectivity index (χ0) is 20.0. The molecule has 0 spiro atoms. The van der Waals surface area contributed by atoms with Crippen molar-refractivity contribution in [1.82, 2.24) is 10.6 Å². The van der Waals surface area contributed by atoms with E-state index in [4.69, 9.17) is 47.0 Å². The molecule has 0 saturated heterocycles. The van der Waals surface area contributed by atoms with Gasteiger partial charge < -0.3 is 16.0 Å². The van der Waals surface area contributed by atoms with Crippen molar-refractivity contribution in [2.75, 3.05) is 5.32 Å². The van der Waals surface area contributed by atoms with Crippen LogP contribution in [0, 0.1) is 13.8 Å². The Balaban J connectivity index is 2.00. The van der Waals surface area contributed by atoms with E-state index in [1.54, 1.807) is 0 Å². The maximum atomic E-state index is 12.4. The molecule has 0 aliphatic rings. The van der Waals surface area contributed by atoms with Gasteiger partial charge in [0.15, 0.2) is 5.11 Å². The Morgan fingerprint density at radius 3 is 2.26 bits per heavy atom. The summed E-state index contributed by atoms with van der Waals surface area (Å²) in [5.41, 5.74) is 3.81. The Kier molecular flexibility index (Phi) is 7.74. The smallest absolute Gasteiger partial charge is 0.228 e. The normalized spacial score (nSPS) is 12.2. The standard InChI is InChI=1S/C19H20Cl3N3OS/c1-12-7-9-14(10-8-12)11-16(26)24-17(19(20,21)22)25-18(27)23-15-6-4-3-5-13(15)2/h3-10,17H,11H2,1-2H3,(H,24,26)(H2,23,25,27). The molecule has 1 unspecified atom stereocenters. The molecule has 0 saturated carbocycles. The van der Waals surface area contributed by atoms with Gasteiger partial charge in [-0.25, -0.2) is 0 Å². The van der Waals surface area contributed by atoms with Crippen LogP contribution in [0.2, 0.25) is 0 Å². The number of amides is 1. The number of alkyl halides is 3. The molecule has 0 aliphatic carbocycles. The summed E-state index contributed by atoms with van der Waals surface area (Å²) in [5, 5.41) is 8.80. The highest BCUT2D eigenvalue weighted by atomic mass is 35.6. The van der Waals surface area contributed by atoms with Crippen LogP contribution >= 0.6 is 47.0 Å². The number of benzene rings is 2. The maximum Gasteiger partial charge on any atom is 0.228 e. The van der Waals surface area contributed by atoms with Crippen LogP contribution in [0.4, 0.5) is 5.69 Å². The first-order valence-corrected chi connectivity index (χ1v) is 9.74. The monoisotopic (exact) mass is 443 g/mol. The lowest BCUT2D eigenvalue weighted by molar-refractivity contribution is -0.121. The van der Waals surface area contributed by atoms with Gasteiger partial charge >= 0.3 is 0 Å². The number of carbonyl (C=O) groups is 1. The summed E-state index contributed by atoms with van der Waals surface area (Å²) in [4.78, 5) is 12.4. The van der Waals surface area contributed by atoms with Crippen molar-refractivity contribution in [2.45, 2.75) is 30.2 Å². The highest BCUT2D eigenvalue weighted by molar-refractivity contribution is 7.80. The largest absolute Gasteiger partial charge is 0.339 e. The lowest BCUT2D eigenvalue weighted by Crippen LogP contribution is -2.56. The van der Waals surface area contributed by atoms with Gasteiger partial charge in [-0.2, -0.15) is 0 Å². The lowest BCUT2D eigenvalue weighted by Gasteiger charge is -2.28. The van der Waals surface area contributed by atoms with Crippen LogP contribution < -0.4 is 16.0 Å². The van der Waals surface area contributed by atoms with Gasteiger partial charge in [0.25, 0.3) is 0 Å². The minimum Gasteiger partial charge on any atom is -0.339 e. The van der Waals surface area contributed by atoms with Crippen LogP contribution in [0.3, 0.4) is 0 Å². The van der Waals surface area contributed by atoms with Crippen LogP contribution in [-0.4, -0.2) is 21.0 Å².